The molecule has 0 aliphatic rings. The second-order valence-electron chi connectivity index (χ2n) is 5.43. The molecule has 0 aromatic heterocycles. The van der Waals surface area contributed by atoms with Crippen LogP contribution in [0.2, 0.25) is 10.0 Å². The molecule has 0 fully saturated rings. The van der Waals surface area contributed by atoms with Crippen LogP contribution in [0.5, 0.6) is 5.75 Å². The average Bonchev–Trinajstić information content (AvgIpc) is 2.19. The van der Waals surface area contributed by atoms with Gasteiger partial charge in [-0.2, -0.15) is 0 Å². The second kappa shape index (κ2) is 5.25. The van der Waals surface area contributed by atoms with E-state index in [1.807, 2.05) is 13.8 Å². The number of nitrogens with one attached hydrogen (secondary N) is 1. The molecule has 3 N–H and O–H groups in total. The van der Waals surface area contributed by atoms with Crippen molar-refractivity contribution in [2.75, 3.05) is 0 Å². The standard InChI is InChI=1S/C13H19Cl2NO2/c1-12(2,13(3,4)18)16-7-8-5-9(14)6-10(15)11(8)17/h5-6,16-18H,7H2,1-4H3. The number of phenols is 1. The third kappa shape index (κ3) is 3.51. The summed E-state index contributed by atoms with van der Waals surface area (Å²) in [6, 6.07) is 3.14. The fourth-order valence-corrected chi connectivity index (χ4v) is 1.82. The van der Waals surface area contributed by atoms with Gasteiger partial charge in [-0.25, -0.2) is 0 Å². The van der Waals surface area contributed by atoms with Crippen LogP contribution in [0.3, 0.4) is 0 Å². The fourth-order valence-electron chi connectivity index (χ4n) is 1.29. The molecule has 102 valence electrons. The summed E-state index contributed by atoms with van der Waals surface area (Å²) >= 11 is 11.7. The number of benzene rings is 1. The zero-order valence-corrected chi connectivity index (χ0v) is 12.5. The molecule has 1 rings (SSSR count). The zero-order chi connectivity index (χ0) is 14.1. The fraction of sp³-hybridized carbons (Fsp3) is 0.538. The van der Waals surface area contributed by atoms with Gasteiger partial charge in [0.05, 0.1) is 10.6 Å². The van der Waals surface area contributed by atoms with Crippen molar-refractivity contribution in [3.05, 3.63) is 27.7 Å². The Labute approximate surface area is 118 Å². The van der Waals surface area contributed by atoms with Crippen molar-refractivity contribution in [3.63, 3.8) is 0 Å². The second-order valence-corrected chi connectivity index (χ2v) is 6.28. The Morgan fingerprint density at radius 2 is 1.72 bits per heavy atom. The Kier molecular flexibility index (Phi) is 4.55. The molecule has 0 saturated carbocycles. The van der Waals surface area contributed by atoms with Crippen molar-refractivity contribution < 1.29 is 10.2 Å². The third-order valence-electron chi connectivity index (χ3n) is 3.36. The highest BCUT2D eigenvalue weighted by Crippen LogP contribution is 2.31. The lowest BCUT2D eigenvalue weighted by molar-refractivity contribution is -0.00539. The van der Waals surface area contributed by atoms with Crippen LogP contribution in [0.1, 0.15) is 33.3 Å². The minimum Gasteiger partial charge on any atom is -0.506 e. The molecular weight excluding hydrogens is 273 g/mol. The molecule has 0 aliphatic heterocycles. The topological polar surface area (TPSA) is 52.5 Å². The summed E-state index contributed by atoms with van der Waals surface area (Å²) in [6.07, 6.45) is 0. The predicted octanol–water partition coefficient (Wildman–Crippen LogP) is 3.34. The minimum atomic E-state index is -0.898. The van der Waals surface area contributed by atoms with E-state index in [9.17, 15) is 10.2 Å². The van der Waals surface area contributed by atoms with Gasteiger partial charge in [-0.05, 0) is 39.8 Å². The van der Waals surface area contributed by atoms with Gasteiger partial charge >= 0.3 is 0 Å². The van der Waals surface area contributed by atoms with Crippen LogP contribution in [0.15, 0.2) is 12.1 Å². The Morgan fingerprint density at radius 1 is 1.17 bits per heavy atom. The van der Waals surface area contributed by atoms with E-state index in [0.717, 1.165) is 0 Å². The molecule has 0 atom stereocenters. The first-order valence-corrected chi connectivity index (χ1v) is 6.44. The molecule has 0 saturated heterocycles. The van der Waals surface area contributed by atoms with Gasteiger partial charge in [0.15, 0.2) is 0 Å². The lowest BCUT2D eigenvalue weighted by Gasteiger charge is -2.38. The van der Waals surface area contributed by atoms with Crippen LogP contribution in [0.4, 0.5) is 0 Å². The molecule has 18 heavy (non-hydrogen) atoms. The molecule has 0 unspecified atom stereocenters. The predicted molar refractivity (Wildman–Crippen MR) is 75.3 cm³/mol. The maximum Gasteiger partial charge on any atom is 0.138 e. The monoisotopic (exact) mass is 291 g/mol. The van der Waals surface area contributed by atoms with Gasteiger partial charge in [0.25, 0.3) is 0 Å². The van der Waals surface area contributed by atoms with Crippen molar-refractivity contribution >= 4 is 23.2 Å². The minimum absolute atomic E-state index is 0.0140. The first kappa shape index (κ1) is 15.6. The molecule has 0 radical (unpaired) electrons. The van der Waals surface area contributed by atoms with E-state index in [1.165, 1.54) is 6.07 Å². The van der Waals surface area contributed by atoms with Gasteiger partial charge in [-0.3, -0.25) is 0 Å². The molecule has 0 amide bonds. The summed E-state index contributed by atoms with van der Waals surface area (Å²) in [7, 11) is 0. The molecule has 1 aromatic carbocycles. The molecule has 3 nitrogen and oxygen atoms in total. The van der Waals surface area contributed by atoms with E-state index in [2.05, 4.69) is 5.32 Å². The summed E-state index contributed by atoms with van der Waals surface area (Å²) in [5.41, 5.74) is -0.816. The number of hydrogen-bond acceptors (Lipinski definition) is 3. The summed E-state index contributed by atoms with van der Waals surface area (Å²) in [5.74, 6) is 0.0140. The zero-order valence-electron chi connectivity index (χ0n) is 11.0. The van der Waals surface area contributed by atoms with E-state index in [-0.39, 0.29) is 10.8 Å². The quantitative estimate of drug-likeness (QED) is 0.797. The Hall–Kier alpha value is -0.480. The van der Waals surface area contributed by atoms with Crippen molar-refractivity contribution in [1.29, 1.82) is 0 Å². The highest BCUT2D eigenvalue weighted by atomic mass is 35.5. The highest BCUT2D eigenvalue weighted by Gasteiger charge is 2.34. The van der Waals surface area contributed by atoms with Gasteiger partial charge < -0.3 is 15.5 Å². The SMILES string of the molecule is CC(C)(O)C(C)(C)NCc1cc(Cl)cc(Cl)c1O. The lowest BCUT2D eigenvalue weighted by atomic mass is 9.86. The Balaban J connectivity index is 2.88. The largest absolute Gasteiger partial charge is 0.506 e. The summed E-state index contributed by atoms with van der Waals surface area (Å²) < 4.78 is 0. The van der Waals surface area contributed by atoms with Crippen molar-refractivity contribution in [3.8, 4) is 5.75 Å². The third-order valence-corrected chi connectivity index (χ3v) is 3.86. The smallest absolute Gasteiger partial charge is 0.138 e. The number of hydrogen-bond donors (Lipinski definition) is 3. The first-order valence-electron chi connectivity index (χ1n) is 5.69. The number of rotatable bonds is 4. The maximum absolute atomic E-state index is 10.0. The van der Waals surface area contributed by atoms with Crippen LogP contribution in [0, 0.1) is 0 Å². The number of halogens is 2. The Bertz CT molecular complexity index is 439. The molecule has 0 heterocycles. The first-order chi connectivity index (χ1) is 8.04. The molecule has 0 aliphatic carbocycles. The Morgan fingerprint density at radius 3 is 2.22 bits per heavy atom. The molecule has 0 spiro atoms. The van der Waals surface area contributed by atoms with Gasteiger partial charge in [-0.1, -0.05) is 23.2 Å². The van der Waals surface area contributed by atoms with Crippen LogP contribution in [-0.4, -0.2) is 21.4 Å². The average molecular weight is 292 g/mol. The van der Waals surface area contributed by atoms with Gasteiger partial charge in [-0.15, -0.1) is 0 Å². The molecule has 0 bridgehead atoms. The summed E-state index contributed by atoms with van der Waals surface area (Å²) in [4.78, 5) is 0. The normalized spacial score (nSPS) is 12.8. The maximum atomic E-state index is 10.0. The van der Waals surface area contributed by atoms with Crippen LogP contribution < -0.4 is 5.32 Å². The number of aliphatic hydroxyl groups is 1. The summed E-state index contributed by atoms with van der Waals surface area (Å²) in [6.45, 7) is 7.59. The number of aromatic hydroxyl groups is 1. The van der Waals surface area contributed by atoms with Crippen molar-refractivity contribution in [2.24, 2.45) is 0 Å². The van der Waals surface area contributed by atoms with Crippen molar-refractivity contribution in [1.82, 2.24) is 5.32 Å². The van der Waals surface area contributed by atoms with Gasteiger partial charge in [0.1, 0.15) is 5.75 Å². The van der Waals surface area contributed by atoms with E-state index in [1.54, 1.807) is 19.9 Å². The van der Waals surface area contributed by atoms with Crippen molar-refractivity contribution in [2.45, 2.75) is 45.4 Å². The molecule has 5 heteroatoms. The van der Waals surface area contributed by atoms with E-state index >= 15 is 0 Å². The van der Waals surface area contributed by atoms with Crippen LogP contribution in [0.25, 0.3) is 0 Å². The van der Waals surface area contributed by atoms with Crippen LogP contribution >= 0.6 is 23.2 Å². The van der Waals surface area contributed by atoms with Gasteiger partial charge in [0.2, 0.25) is 0 Å². The van der Waals surface area contributed by atoms with E-state index < -0.39 is 11.1 Å². The molecular formula is C13H19Cl2NO2. The van der Waals surface area contributed by atoms with Crippen LogP contribution in [-0.2, 0) is 6.54 Å². The highest BCUT2D eigenvalue weighted by molar-refractivity contribution is 6.35. The van der Waals surface area contributed by atoms with E-state index in [0.29, 0.717) is 17.1 Å². The summed E-state index contributed by atoms with van der Waals surface area (Å²) in [5, 5.41) is 23.7. The number of phenolic OH excluding ortho intramolecular Hbond substituents is 1. The lowest BCUT2D eigenvalue weighted by Crippen LogP contribution is -2.55. The van der Waals surface area contributed by atoms with Gasteiger partial charge in [0, 0.05) is 22.7 Å². The molecule has 1 aromatic rings. The van der Waals surface area contributed by atoms with E-state index in [4.69, 9.17) is 23.2 Å².